The molecule has 21 heavy (non-hydrogen) atoms. The summed E-state index contributed by atoms with van der Waals surface area (Å²) in [5.74, 6) is 1.15. The number of nitrogens with zero attached hydrogens (tertiary/aromatic N) is 2. The highest BCUT2D eigenvalue weighted by Crippen LogP contribution is 2.24. The Balaban J connectivity index is 1.85. The maximum Gasteiger partial charge on any atom is 0.231 e. The molecule has 0 atom stereocenters. The highest BCUT2D eigenvalue weighted by Gasteiger charge is 2.11. The maximum atomic E-state index is 6.00. The van der Waals surface area contributed by atoms with Crippen LogP contribution in [-0.4, -0.2) is 10.1 Å². The fourth-order valence-corrected chi connectivity index (χ4v) is 2.40. The molecule has 0 aliphatic carbocycles. The van der Waals surface area contributed by atoms with Crippen molar-refractivity contribution in [1.82, 2.24) is 10.1 Å². The summed E-state index contributed by atoms with van der Waals surface area (Å²) in [4.78, 5) is 4.43. The summed E-state index contributed by atoms with van der Waals surface area (Å²) in [6.07, 6.45) is 0.524. The number of hydrogen-bond donors (Lipinski definition) is 0. The minimum Gasteiger partial charge on any atom is -0.339 e. The number of halogens is 2. The van der Waals surface area contributed by atoms with E-state index in [1.807, 2.05) is 43.3 Å². The van der Waals surface area contributed by atoms with Gasteiger partial charge in [-0.15, -0.1) is 0 Å². The Kier molecular flexibility index (Phi) is 3.95. The molecule has 0 aliphatic rings. The molecule has 106 valence electrons. The van der Waals surface area contributed by atoms with Crippen LogP contribution in [0, 0.1) is 6.92 Å². The topological polar surface area (TPSA) is 38.9 Å². The van der Waals surface area contributed by atoms with E-state index in [1.54, 1.807) is 6.07 Å². The van der Waals surface area contributed by atoms with Gasteiger partial charge >= 0.3 is 0 Å². The first-order chi connectivity index (χ1) is 10.1. The van der Waals surface area contributed by atoms with Crippen molar-refractivity contribution in [2.75, 3.05) is 0 Å². The zero-order valence-corrected chi connectivity index (χ0v) is 12.8. The molecule has 3 rings (SSSR count). The summed E-state index contributed by atoms with van der Waals surface area (Å²) >= 11 is 11.9. The summed E-state index contributed by atoms with van der Waals surface area (Å²) in [7, 11) is 0. The minimum atomic E-state index is 0.521. The molecular weight excluding hydrogens is 307 g/mol. The second-order valence-corrected chi connectivity index (χ2v) is 5.57. The molecule has 1 heterocycles. The number of aryl methyl sites for hydroxylation is 1. The monoisotopic (exact) mass is 318 g/mol. The molecule has 2 aromatic carbocycles. The molecule has 5 heteroatoms. The first kappa shape index (κ1) is 14.1. The van der Waals surface area contributed by atoms with Gasteiger partial charge in [0, 0.05) is 5.56 Å². The molecule has 3 aromatic rings. The lowest BCUT2D eigenvalue weighted by molar-refractivity contribution is 0.385. The fourth-order valence-electron chi connectivity index (χ4n) is 2.08. The average Bonchev–Trinajstić information content (AvgIpc) is 2.92. The van der Waals surface area contributed by atoms with Crippen molar-refractivity contribution in [1.29, 1.82) is 0 Å². The van der Waals surface area contributed by atoms with Gasteiger partial charge < -0.3 is 4.52 Å². The molecule has 0 N–H and O–H groups in total. The Morgan fingerprint density at radius 2 is 1.86 bits per heavy atom. The van der Waals surface area contributed by atoms with E-state index in [1.165, 1.54) is 0 Å². The number of aromatic nitrogens is 2. The molecule has 0 radical (unpaired) electrons. The van der Waals surface area contributed by atoms with Crippen molar-refractivity contribution in [3.05, 3.63) is 69.5 Å². The smallest absolute Gasteiger partial charge is 0.231 e. The van der Waals surface area contributed by atoms with Gasteiger partial charge in [-0.05, 0) is 30.2 Å². The van der Waals surface area contributed by atoms with Gasteiger partial charge in [0.25, 0.3) is 0 Å². The largest absolute Gasteiger partial charge is 0.339 e. The van der Waals surface area contributed by atoms with Crippen molar-refractivity contribution in [2.24, 2.45) is 0 Å². The van der Waals surface area contributed by atoms with E-state index in [0.29, 0.717) is 28.2 Å². The van der Waals surface area contributed by atoms with E-state index < -0.39 is 0 Å². The molecule has 1 aromatic heterocycles. The highest BCUT2D eigenvalue weighted by molar-refractivity contribution is 6.42. The van der Waals surface area contributed by atoms with Gasteiger partial charge in [0.05, 0.1) is 16.5 Å². The molecule has 0 amide bonds. The van der Waals surface area contributed by atoms with Crippen LogP contribution < -0.4 is 0 Å². The summed E-state index contributed by atoms with van der Waals surface area (Å²) in [5, 5.41) is 5.09. The van der Waals surface area contributed by atoms with E-state index >= 15 is 0 Å². The van der Waals surface area contributed by atoms with Crippen LogP contribution in [0.15, 0.2) is 47.0 Å². The average molecular weight is 319 g/mol. The third-order valence-electron chi connectivity index (χ3n) is 3.19. The van der Waals surface area contributed by atoms with Crippen LogP contribution in [0.3, 0.4) is 0 Å². The quantitative estimate of drug-likeness (QED) is 0.686. The second-order valence-electron chi connectivity index (χ2n) is 4.75. The van der Waals surface area contributed by atoms with Crippen LogP contribution in [0.25, 0.3) is 11.4 Å². The Labute approximate surface area is 132 Å². The van der Waals surface area contributed by atoms with Gasteiger partial charge in [-0.1, -0.05) is 58.7 Å². The molecular formula is C16H12Cl2N2O. The fraction of sp³-hybridized carbons (Fsp3) is 0.125. The van der Waals surface area contributed by atoms with Crippen LogP contribution in [0.5, 0.6) is 0 Å². The molecule has 0 bridgehead atoms. The summed E-state index contributed by atoms with van der Waals surface area (Å²) in [6, 6.07) is 13.4. The van der Waals surface area contributed by atoms with Gasteiger partial charge in [0.1, 0.15) is 0 Å². The van der Waals surface area contributed by atoms with Gasteiger partial charge in [-0.3, -0.25) is 0 Å². The zero-order chi connectivity index (χ0) is 14.8. The standard InChI is InChI=1S/C16H12Cl2N2O/c1-10-4-2-3-5-12(10)16-19-15(21-20-16)9-11-6-7-13(17)14(18)8-11/h2-8H,9H2,1H3. The van der Waals surface area contributed by atoms with E-state index in [2.05, 4.69) is 10.1 Å². The van der Waals surface area contributed by atoms with Crippen LogP contribution in [0.2, 0.25) is 10.0 Å². The number of benzene rings is 2. The molecule has 0 spiro atoms. The maximum absolute atomic E-state index is 6.00. The summed E-state index contributed by atoms with van der Waals surface area (Å²) < 4.78 is 5.31. The lowest BCUT2D eigenvalue weighted by atomic mass is 10.1. The lowest BCUT2D eigenvalue weighted by Crippen LogP contribution is -1.89. The SMILES string of the molecule is Cc1ccccc1-c1noc(Cc2ccc(Cl)c(Cl)c2)n1. The van der Waals surface area contributed by atoms with E-state index in [9.17, 15) is 0 Å². The van der Waals surface area contributed by atoms with Crippen molar-refractivity contribution in [3.63, 3.8) is 0 Å². The van der Waals surface area contributed by atoms with Crippen molar-refractivity contribution in [3.8, 4) is 11.4 Å². The van der Waals surface area contributed by atoms with Crippen molar-refractivity contribution < 1.29 is 4.52 Å². The molecule has 0 aliphatic heterocycles. The van der Waals surface area contributed by atoms with Crippen LogP contribution in [0.1, 0.15) is 17.0 Å². The molecule has 0 fully saturated rings. The predicted molar refractivity (Wildman–Crippen MR) is 83.7 cm³/mol. The van der Waals surface area contributed by atoms with Crippen molar-refractivity contribution >= 4 is 23.2 Å². The van der Waals surface area contributed by atoms with Crippen molar-refractivity contribution in [2.45, 2.75) is 13.3 Å². The minimum absolute atomic E-state index is 0.521. The van der Waals surface area contributed by atoms with Gasteiger partial charge in [-0.25, -0.2) is 0 Å². The van der Waals surface area contributed by atoms with Gasteiger partial charge in [0.15, 0.2) is 0 Å². The normalized spacial score (nSPS) is 10.8. The van der Waals surface area contributed by atoms with Gasteiger partial charge in [-0.2, -0.15) is 4.98 Å². The zero-order valence-electron chi connectivity index (χ0n) is 11.3. The summed E-state index contributed by atoms with van der Waals surface area (Å²) in [5.41, 5.74) is 3.06. The molecule has 3 nitrogen and oxygen atoms in total. The molecule has 0 unspecified atom stereocenters. The van der Waals surface area contributed by atoms with Crippen LogP contribution in [0.4, 0.5) is 0 Å². The third kappa shape index (κ3) is 3.09. The Hall–Kier alpha value is -1.84. The Morgan fingerprint density at radius 1 is 1.05 bits per heavy atom. The van der Waals surface area contributed by atoms with E-state index in [4.69, 9.17) is 27.7 Å². The molecule has 0 saturated carbocycles. The first-order valence-electron chi connectivity index (χ1n) is 6.46. The Bertz CT molecular complexity index is 783. The molecule has 0 saturated heterocycles. The van der Waals surface area contributed by atoms with Crippen LogP contribution in [-0.2, 0) is 6.42 Å². The van der Waals surface area contributed by atoms with Crippen LogP contribution >= 0.6 is 23.2 Å². The second kappa shape index (κ2) is 5.88. The number of hydrogen-bond acceptors (Lipinski definition) is 3. The predicted octanol–water partition coefficient (Wildman–Crippen LogP) is 4.94. The lowest BCUT2D eigenvalue weighted by Gasteiger charge is -2.00. The highest BCUT2D eigenvalue weighted by atomic mass is 35.5. The summed E-state index contributed by atoms with van der Waals surface area (Å²) in [6.45, 7) is 2.02. The van der Waals surface area contributed by atoms with Gasteiger partial charge in [0.2, 0.25) is 11.7 Å². The first-order valence-corrected chi connectivity index (χ1v) is 7.21. The third-order valence-corrected chi connectivity index (χ3v) is 3.93. The van der Waals surface area contributed by atoms with E-state index in [0.717, 1.165) is 16.7 Å². The van der Waals surface area contributed by atoms with E-state index in [-0.39, 0.29) is 0 Å². The Morgan fingerprint density at radius 3 is 2.62 bits per heavy atom. The number of rotatable bonds is 3.